The van der Waals surface area contributed by atoms with E-state index in [9.17, 15) is 0 Å². The van der Waals surface area contributed by atoms with Gasteiger partial charge in [0, 0.05) is 0 Å². The average Bonchev–Trinajstić information content (AvgIpc) is 2.11. The first-order valence-electron chi connectivity index (χ1n) is 6.07. The Morgan fingerprint density at radius 2 is 2.00 bits per heavy atom. The Morgan fingerprint density at radius 1 is 1.31 bits per heavy atom. The standard InChI is InChI=1S/C13H22/c1-5-9-8(2)11-10-6-7-12(10,3)13(9,11)4/h8-11H,5-7H2,1-4H3. The Kier molecular flexibility index (Phi) is 1.27. The lowest BCUT2D eigenvalue weighted by molar-refractivity contribution is -0.371. The molecular formula is C13H22. The molecule has 0 aromatic rings. The van der Waals surface area contributed by atoms with Crippen LogP contribution in [0.3, 0.4) is 0 Å². The lowest BCUT2D eigenvalue weighted by atomic mass is 9.20. The fourth-order valence-electron chi connectivity index (χ4n) is 5.75. The molecule has 3 fully saturated rings. The highest BCUT2D eigenvalue weighted by Gasteiger charge is 2.79. The van der Waals surface area contributed by atoms with Crippen LogP contribution < -0.4 is 0 Å². The molecule has 3 saturated carbocycles. The van der Waals surface area contributed by atoms with Gasteiger partial charge in [-0.1, -0.05) is 34.1 Å². The van der Waals surface area contributed by atoms with Gasteiger partial charge >= 0.3 is 0 Å². The topological polar surface area (TPSA) is 0 Å². The van der Waals surface area contributed by atoms with E-state index in [2.05, 4.69) is 27.7 Å². The van der Waals surface area contributed by atoms with E-state index in [-0.39, 0.29) is 0 Å². The first kappa shape index (κ1) is 8.32. The highest BCUT2D eigenvalue weighted by molar-refractivity contribution is 5.27. The van der Waals surface area contributed by atoms with E-state index in [0.717, 1.165) is 34.5 Å². The molecule has 3 aliphatic rings. The van der Waals surface area contributed by atoms with Crippen molar-refractivity contribution in [1.82, 2.24) is 0 Å². The van der Waals surface area contributed by atoms with Gasteiger partial charge in [-0.15, -0.1) is 0 Å². The Hall–Kier alpha value is 0. The van der Waals surface area contributed by atoms with E-state index in [1.54, 1.807) is 0 Å². The van der Waals surface area contributed by atoms with E-state index in [1.807, 2.05) is 0 Å². The van der Waals surface area contributed by atoms with Crippen molar-refractivity contribution in [2.45, 2.75) is 47.0 Å². The molecule has 3 rings (SSSR count). The summed E-state index contributed by atoms with van der Waals surface area (Å²) in [7, 11) is 0. The summed E-state index contributed by atoms with van der Waals surface area (Å²) in [6.07, 6.45) is 4.47. The molecule has 74 valence electrons. The van der Waals surface area contributed by atoms with Crippen molar-refractivity contribution in [3.63, 3.8) is 0 Å². The molecule has 0 nitrogen and oxygen atoms in total. The van der Waals surface area contributed by atoms with Crippen molar-refractivity contribution in [2.24, 2.45) is 34.5 Å². The van der Waals surface area contributed by atoms with Crippen LogP contribution in [0.2, 0.25) is 0 Å². The minimum atomic E-state index is 0.754. The van der Waals surface area contributed by atoms with Gasteiger partial charge in [-0.2, -0.15) is 0 Å². The molecule has 0 aromatic heterocycles. The summed E-state index contributed by atoms with van der Waals surface area (Å²) in [4.78, 5) is 0. The van der Waals surface area contributed by atoms with Crippen LogP contribution in [0.15, 0.2) is 0 Å². The maximum Gasteiger partial charge on any atom is -0.0205 e. The SMILES string of the molecule is CCC1C(C)C2C3CCC3(C)C12C. The summed E-state index contributed by atoms with van der Waals surface area (Å²) in [5, 5.41) is 0. The van der Waals surface area contributed by atoms with Crippen LogP contribution in [-0.2, 0) is 0 Å². The van der Waals surface area contributed by atoms with E-state index >= 15 is 0 Å². The van der Waals surface area contributed by atoms with Crippen LogP contribution in [0.25, 0.3) is 0 Å². The van der Waals surface area contributed by atoms with Gasteiger partial charge in [-0.05, 0) is 47.3 Å². The van der Waals surface area contributed by atoms with Gasteiger partial charge in [0.25, 0.3) is 0 Å². The predicted octanol–water partition coefficient (Wildman–Crippen LogP) is 3.71. The van der Waals surface area contributed by atoms with Crippen LogP contribution in [0.1, 0.15) is 47.0 Å². The highest BCUT2D eigenvalue weighted by atomic mass is 14.8. The van der Waals surface area contributed by atoms with Crippen molar-refractivity contribution in [3.8, 4) is 0 Å². The van der Waals surface area contributed by atoms with Gasteiger partial charge in [0.15, 0.2) is 0 Å². The molecule has 13 heavy (non-hydrogen) atoms. The molecule has 6 atom stereocenters. The summed E-state index contributed by atoms with van der Waals surface area (Å²) >= 11 is 0. The molecule has 0 spiro atoms. The second-order valence-electron chi connectivity index (χ2n) is 6.24. The van der Waals surface area contributed by atoms with Gasteiger partial charge in [0.05, 0.1) is 0 Å². The quantitative estimate of drug-likeness (QED) is 0.574. The van der Waals surface area contributed by atoms with Crippen molar-refractivity contribution in [2.75, 3.05) is 0 Å². The van der Waals surface area contributed by atoms with Crippen LogP contribution in [0.5, 0.6) is 0 Å². The molecule has 0 heteroatoms. The molecule has 0 amide bonds. The zero-order valence-corrected chi connectivity index (χ0v) is 9.43. The van der Waals surface area contributed by atoms with Crippen molar-refractivity contribution in [3.05, 3.63) is 0 Å². The minimum absolute atomic E-state index is 0.754. The van der Waals surface area contributed by atoms with Crippen LogP contribution in [0.4, 0.5) is 0 Å². The molecule has 0 radical (unpaired) electrons. The number of hydrogen-bond donors (Lipinski definition) is 0. The minimum Gasteiger partial charge on any atom is -0.0651 e. The smallest absolute Gasteiger partial charge is 0.0205 e. The zero-order valence-electron chi connectivity index (χ0n) is 9.43. The third kappa shape index (κ3) is 0.543. The van der Waals surface area contributed by atoms with Crippen LogP contribution in [0, 0.1) is 34.5 Å². The second kappa shape index (κ2) is 1.99. The van der Waals surface area contributed by atoms with E-state index < -0.39 is 0 Å². The Bertz CT molecular complexity index is 249. The van der Waals surface area contributed by atoms with Gasteiger partial charge in [0.2, 0.25) is 0 Å². The summed E-state index contributed by atoms with van der Waals surface area (Å²) in [6, 6.07) is 0. The van der Waals surface area contributed by atoms with Gasteiger partial charge in [0.1, 0.15) is 0 Å². The van der Waals surface area contributed by atoms with Gasteiger partial charge in [-0.3, -0.25) is 0 Å². The molecule has 0 aromatic carbocycles. The molecule has 6 unspecified atom stereocenters. The summed E-state index contributed by atoms with van der Waals surface area (Å²) < 4.78 is 0. The lowest BCUT2D eigenvalue weighted by Gasteiger charge is -2.85. The Balaban J connectivity index is 1.93. The van der Waals surface area contributed by atoms with Crippen LogP contribution >= 0.6 is 0 Å². The van der Waals surface area contributed by atoms with E-state index in [1.165, 1.54) is 19.3 Å². The van der Waals surface area contributed by atoms with Crippen molar-refractivity contribution in [1.29, 1.82) is 0 Å². The summed E-state index contributed by atoms with van der Waals surface area (Å²) in [5.41, 5.74) is 1.52. The average molecular weight is 178 g/mol. The fourth-order valence-corrected chi connectivity index (χ4v) is 5.75. The fraction of sp³-hybridized carbons (Fsp3) is 1.00. The second-order valence-corrected chi connectivity index (χ2v) is 6.24. The maximum absolute atomic E-state index is 2.58. The number of fused-ring (bicyclic) bond motifs is 4. The number of hydrogen-bond acceptors (Lipinski definition) is 0. The lowest BCUT2D eigenvalue weighted by Crippen LogP contribution is -2.79. The maximum atomic E-state index is 2.58. The first-order valence-corrected chi connectivity index (χ1v) is 6.07. The predicted molar refractivity (Wildman–Crippen MR) is 55.4 cm³/mol. The Labute approximate surface area is 82.1 Å². The molecular weight excluding hydrogens is 156 g/mol. The molecule has 0 aliphatic heterocycles. The third-order valence-electron chi connectivity index (χ3n) is 6.56. The van der Waals surface area contributed by atoms with Crippen molar-refractivity contribution < 1.29 is 0 Å². The van der Waals surface area contributed by atoms with Crippen LogP contribution in [-0.4, -0.2) is 0 Å². The summed E-state index contributed by atoms with van der Waals surface area (Å²) in [5.74, 6) is 4.30. The van der Waals surface area contributed by atoms with E-state index in [4.69, 9.17) is 0 Å². The molecule has 0 bridgehead atoms. The van der Waals surface area contributed by atoms with Gasteiger partial charge < -0.3 is 0 Å². The number of rotatable bonds is 1. The zero-order chi connectivity index (χ0) is 9.43. The first-order chi connectivity index (χ1) is 6.07. The largest absolute Gasteiger partial charge is 0.0651 e. The molecule has 3 aliphatic carbocycles. The van der Waals surface area contributed by atoms with Gasteiger partial charge in [-0.25, -0.2) is 0 Å². The Morgan fingerprint density at radius 3 is 2.46 bits per heavy atom. The van der Waals surface area contributed by atoms with Crippen molar-refractivity contribution >= 4 is 0 Å². The summed E-state index contributed by atoms with van der Waals surface area (Å²) in [6.45, 7) is 10.0. The monoisotopic (exact) mass is 178 g/mol. The molecule has 0 heterocycles. The third-order valence-corrected chi connectivity index (χ3v) is 6.56. The molecule has 0 saturated heterocycles. The molecule has 0 N–H and O–H groups in total. The van der Waals surface area contributed by atoms with E-state index in [0.29, 0.717) is 0 Å². The normalized spacial score (nSPS) is 68.3. The highest BCUT2D eigenvalue weighted by Crippen LogP contribution is 2.85.